The van der Waals surface area contributed by atoms with Crippen molar-refractivity contribution < 1.29 is 14.2 Å². The molecule has 2 rings (SSSR count). The van der Waals surface area contributed by atoms with Gasteiger partial charge in [0.2, 0.25) is 0 Å². The highest BCUT2D eigenvalue weighted by Crippen LogP contribution is 2.26. The van der Waals surface area contributed by atoms with Gasteiger partial charge in [-0.1, -0.05) is 0 Å². The van der Waals surface area contributed by atoms with E-state index in [1.165, 1.54) is 0 Å². The van der Waals surface area contributed by atoms with Crippen LogP contribution in [-0.2, 0) is 4.74 Å². The summed E-state index contributed by atoms with van der Waals surface area (Å²) in [6.07, 6.45) is 0.349. The van der Waals surface area contributed by atoms with E-state index in [1.54, 1.807) is 14.2 Å². The number of anilines is 1. The van der Waals surface area contributed by atoms with Crippen molar-refractivity contribution in [3.05, 3.63) is 18.2 Å². The van der Waals surface area contributed by atoms with Crippen molar-refractivity contribution >= 4 is 23.0 Å². The van der Waals surface area contributed by atoms with Crippen molar-refractivity contribution in [1.29, 1.82) is 0 Å². The molecule has 0 amide bonds. The second-order valence-corrected chi connectivity index (χ2v) is 5.58. The quantitative estimate of drug-likeness (QED) is 0.865. The van der Waals surface area contributed by atoms with E-state index < -0.39 is 0 Å². The number of hydrogen-bond acceptors (Lipinski definition) is 4. The van der Waals surface area contributed by atoms with Crippen LogP contribution in [0.1, 0.15) is 13.8 Å². The Morgan fingerprint density at radius 3 is 2.14 bits per heavy atom. The Bertz CT molecular complexity index is 477. The maximum absolute atomic E-state index is 5.72. The maximum atomic E-state index is 5.72. The van der Waals surface area contributed by atoms with Crippen molar-refractivity contribution in [2.24, 2.45) is 0 Å². The predicted octanol–water partition coefficient (Wildman–Crippen LogP) is 2.51. The van der Waals surface area contributed by atoms with Gasteiger partial charge in [-0.15, -0.1) is 0 Å². The van der Waals surface area contributed by atoms with Gasteiger partial charge in [-0.2, -0.15) is 0 Å². The van der Waals surface area contributed by atoms with E-state index in [9.17, 15) is 0 Å². The van der Waals surface area contributed by atoms with Crippen LogP contribution in [0.3, 0.4) is 0 Å². The first-order valence-electron chi connectivity index (χ1n) is 6.96. The van der Waals surface area contributed by atoms with Crippen LogP contribution in [0.2, 0.25) is 0 Å². The summed E-state index contributed by atoms with van der Waals surface area (Å²) in [5.41, 5.74) is 0.850. The molecule has 0 saturated carbocycles. The van der Waals surface area contributed by atoms with Crippen LogP contribution in [0.25, 0.3) is 0 Å². The molecule has 0 aromatic heterocycles. The largest absolute Gasteiger partial charge is 0.497 e. The number of ether oxygens (including phenoxy) is 3. The lowest BCUT2D eigenvalue weighted by molar-refractivity contribution is -0.0473. The molecule has 21 heavy (non-hydrogen) atoms. The van der Waals surface area contributed by atoms with E-state index in [0.29, 0.717) is 5.11 Å². The number of methoxy groups -OCH3 is 2. The Labute approximate surface area is 131 Å². The molecule has 5 nitrogen and oxygen atoms in total. The predicted molar refractivity (Wildman–Crippen MR) is 87.3 cm³/mol. The number of thiocarbonyl (C=S) groups is 1. The Hall–Kier alpha value is -1.53. The summed E-state index contributed by atoms with van der Waals surface area (Å²) >= 11 is 5.50. The van der Waals surface area contributed by atoms with Crippen LogP contribution >= 0.6 is 12.2 Å². The van der Waals surface area contributed by atoms with Crippen molar-refractivity contribution in [2.75, 3.05) is 32.6 Å². The molecule has 1 aromatic rings. The molecular formula is C15H22N2O3S. The Morgan fingerprint density at radius 1 is 1.14 bits per heavy atom. The number of rotatable bonds is 3. The van der Waals surface area contributed by atoms with Crippen LogP contribution in [-0.4, -0.2) is 49.5 Å². The average molecular weight is 310 g/mol. The number of hydrogen-bond donors (Lipinski definition) is 1. The molecule has 0 radical (unpaired) electrons. The van der Waals surface area contributed by atoms with Crippen LogP contribution in [0, 0.1) is 0 Å². The van der Waals surface area contributed by atoms with E-state index in [1.807, 2.05) is 18.2 Å². The fourth-order valence-electron chi connectivity index (χ4n) is 2.43. The molecule has 1 aromatic carbocycles. The summed E-state index contributed by atoms with van der Waals surface area (Å²) in [5, 5.41) is 3.93. The van der Waals surface area contributed by atoms with E-state index in [4.69, 9.17) is 26.4 Å². The highest BCUT2D eigenvalue weighted by molar-refractivity contribution is 7.80. The van der Waals surface area contributed by atoms with E-state index in [-0.39, 0.29) is 12.2 Å². The molecule has 1 aliphatic heterocycles. The van der Waals surface area contributed by atoms with Gasteiger partial charge >= 0.3 is 0 Å². The number of nitrogens with zero attached hydrogens (tertiary/aromatic N) is 1. The van der Waals surface area contributed by atoms with E-state index in [0.717, 1.165) is 30.3 Å². The lowest BCUT2D eigenvalue weighted by atomic mass is 10.2. The van der Waals surface area contributed by atoms with Crippen molar-refractivity contribution in [3.63, 3.8) is 0 Å². The molecule has 0 aliphatic carbocycles. The fourth-order valence-corrected chi connectivity index (χ4v) is 2.69. The summed E-state index contributed by atoms with van der Waals surface area (Å²) in [6.45, 7) is 5.69. The number of benzene rings is 1. The van der Waals surface area contributed by atoms with Crippen molar-refractivity contribution in [3.8, 4) is 11.5 Å². The average Bonchev–Trinajstić information content (AvgIpc) is 2.45. The van der Waals surface area contributed by atoms with Gasteiger partial charge in [0.25, 0.3) is 0 Å². The Morgan fingerprint density at radius 2 is 1.67 bits per heavy atom. The van der Waals surface area contributed by atoms with Gasteiger partial charge in [0.1, 0.15) is 11.5 Å². The van der Waals surface area contributed by atoms with Gasteiger partial charge in [0.15, 0.2) is 5.11 Å². The first-order valence-corrected chi connectivity index (χ1v) is 7.37. The molecule has 0 bridgehead atoms. The zero-order valence-electron chi connectivity index (χ0n) is 12.9. The smallest absolute Gasteiger partial charge is 0.173 e. The van der Waals surface area contributed by atoms with Crippen LogP contribution in [0.15, 0.2) is 18.2 Å². The van der Waals surface area contributed by atoms with Crippen molar-refractivity contribution in [2.45, 2.75) is 26.1 Å². The third-order valence-corrected chi connectivity index (χ3v) is 3.67. The topological polar surface area (TPSA) is 43.0 Å². The lowest BCUT2D eigenvalue weighted by Gasteiger charge is -2.36. The minimum absolute atomic E-state index is 0.174. The third-order valence-electron chi connectivity index (χ3n) is 3.31. The first kappa shape index (κ1) is 15.9. The molecule has 1 fully saturated rings. The fraction of sp³-hybridized carbons (Fsp3) is 0.533. The summed E-state index contributed by atoms with van der Waals surface area (Å²) < 4.78 is 16.2. The number of morpholine rings is 1. The molecule has 1 N–H and O–H groups in total. The molecule has 1 heterocycles. The first-order chi connectivity index (χ1) is 10.0. The SMILES string of the molecule is COc1cc(NC(=S)N2CC(C)OC(C)C2)cc(OC)c1. The normalized spacial score (nSPS) is 21.8. The van der Waals surface area contributed by atoms with Gasteiger partial charge < -0.3 is 24.4 Å². The third kappa shape index (κ3) is 4.22. The zero-order chi connectivity index (χ0) is 15.4. The minimum Gasteiger partial charge on any atom is -0.497 e. The van der Waals surface area contributed by atoms with Gasteiger partial charge in [-0.3, -0.25) is 0 Å². The van der Waals surface area contributed by atoms with Gasteiger partial charge in [-0.05, 0) is 26.1 Å². The highest BCUT2D eigenvalue weighted by Gasteiger charge is 2.24. The highest BCUT2D eigenvalue weighted by atomic mass is 32.1. The van der Waals surface area contributed by atoms with Gasteiger partial charge in [0.05, 0.1) is 26.4 Å². The van der Waals surface area contributed by atoms with E-state index in [2.05, 4.69) is 24.1 Å². The standard InChI is InChI=1S/C15H22N2O3S/c1-10-8-17(9-11(2)20-10)15(21)16-12-5-13(18-3)7-14(6-12)19-4/h5-7,10-11H,8-9H2,1-4H3,(H,16,21). The van der Waals surface area contributed by atoms with Gasteiger partial charge in [-0.25, -0.2) is 0 Å². The summed E-state index contributed by atoms with van der Waals surface area (Å²) in [5.74, 6) is 1.45. The number of nitrogens with one attached hydrogen (secondary N) is 1. The molecule has 6 heteroatoms. The summed E-state index contributed by atoms with van der Waals surface area (Å²) in [6, 6.07) is 5.61. The molecule has 2 atom stereocenters. The summed E-state index contributed by atoms with van der Waals surface area (Å²) in [7, 11) is 3.25. The monoisotopic (exact) mass is 310 g/mol. The van der Waals surface area contributed by atoms with E-state index >= 15 is 0 Å². The van der Waals surface area contributed by atoms with Gasteiger partial charge in [0, 0.05) is 37.0 Å². The lowest BCUT2D eigenvalue weighted by Crippen LogP contribution is -2.49. The summed E-state index contributed by atoms with van der Waals surface area (Å²) in [4.78, 5) is 2.13. The zero-order valence-corrected chi connectivity index (χ0v) is 13.7. The Balaban J connectivity index is 2.08. The molecule has 2 unspecified atom stereocenters. The van der Waals surface area contributed by atoms with Crippen LogP contribution in [0.5, 0.6) is 11.5 Å². The molecule has 1 saturated heterocycles. The second kappa shape index (κ2) is 6.95. The van der Waals surface area contributed by atoms with Crippen molar-refractivity contribution in [1.82, 2.24) is 4.90 Å². The molecule has 1 aliphatic rings. The molecule has 0 spiro atoms. The molecule has 116 valence electrons. The Kier molecular flexibility index (Phi) is 5.25. The second-order valence-electron chi connectivity index (χ2n) is 5.19. The van der Waals surface area contributed by atoms with Crippen LogP contribution < -0.4 is 14.8 Å². The van der Waals surface area contributed by atoms with Crippen LogP contribution in [0.4, 0.5) is 5.69 Å². The molecular weight excluding hydrogens is 288 g/mol. The maximum Gasteiger partial charge on any atom is 0.173 e. The minimum atomic E-state index is 0.174.